The fourth-order valence-electron chi connectivity index (χ4n) is 3.09. The largest absolute Gasteiger partial charge is 0.508 e. The molecule has 0 aliphatic carbocycles. The second-order valence-electron chi connectivity index (χ2n) is 6.29. The van der Waals surface area contributed by atoms with Crippen LogP contribution >= 0.6 is 0 Å². The van der Waals surface area contributed by atoms with E-state index in [1.807, 2.05) is 32.3 Å². The smallest absolute Gasteiger partial charge is 0.120 e. The predicted molar refractivity (Wildman–Crippen MR) is 101 cm³/mol. The van der Waals surface area contributed by atoms with E-state index in [9.17, 15) is 10.2 Å². The lowest BCUT2D eigenvalue weighted by Crippen LogP contribution is -2.11. The highest BCUT2D eigenvalue weighted by Gasteiger charge is 2.12. The Labute approximate surface area is 144 Å². The highest BCUT2D eigenvalue weighted by Crippen LogP contribution is 2.34. The molecule has 0 bridgehead atoms. The highest BCUT2D eigenvalue weighted by atomic mass is 16.3. The average Bonchev–Trinajstić information content (AvgIpc) is 2.55. The summed E-state index contributed by atoms with van der Waals surface area (Å²) in [6, 6.07) is 13.2. The Morgan fingerprint density at radius 1 is 0.833 bits per heavy atom. The van der Waals surface area contributed by atoms with E-state index >= 15 is 0 Å². The van der Waals surface area contributed by atoms with Crippen LogP contribution in [0.3, 0.4) is 0 Å². The number of phenols is 2. The van der Waals surface area contributed by atoms with Gasteiger partial charge in [0.1, 0.15) is 11.5 Å². The van der Waals surface area contributed by atoms with Crippen LogP contribution in [-0.4, -0.2) is 29.2 Å². The van der Waals surface area contributed by atoms with Gasteiger partial charge in [0.2, 0.25) is 0 Å². The predicted octanol–water partition coefficient (Wildman–Crippen LogP) is 4.89. The van der Waals surface area contributed by atoms with E-state index in [2.05, 4.69) is 24.8 Å². The summed E-state index contributed by atoms with van der Waals surface area (Å²) in [6.07, 6.45) is 1.83. The van der Waals surface area contributed by atoms with Crippen molar-refractivity contribution >= 4 is 11.1 Å². The van der Waals surface area contributed by atoms with Crippen LogP contribution in [0.25, 0.3) is 11.1 Å². The molecule has 24 heavy (non-hydrogen) atoms. The number of nitrogens with zero attached hydrogens (tertiary/aromatic N) is 1. The lowest BCUT2D eigenvalue weighted by atomic mass is 9.90. The van der Waals surface area contributed by atoms with E-state index < -0.39 is 0 Å². The van der Waals surface area contributed by atoms with E-state index in [0.717, 1.165) is 29.5 Å². The van der Waals surface area contributed by atoms with Crippen LogP contribution in [0.5, 0.6) is 11.5 Å². The molecule has 3 heteroatoms. The van der Waals surface area contributed by atoms with Crippen LogP contribution in [0, 0.1) is 0 Å². The molecule has 0 saturated carbocycles. The summed E-state index contributed by atoms with van der Waals surface area (Å²) in [6.45, 7) is 5.01. The van der Waals surface area contributed by atoms with Gasteiger partial charge in [-0.25, -0.2) is 0 Å². The molecule has 0 atom stereocenters. The zero-order chi connectivity index (χ0) is 17.7. The lowest BCUT2D eigenvalue weighted by Gasteiger charge is -2.17. The summed E-state index contributed by atoms with van der Waals surface area (Å²) in [5.74, 6) is 0.621. The number of aromatic hydroxyl groups is 2. The number of phenolic OH excluding ortho intramolecular Hbond substituents is 2. The Bertz CT molecular complexity index is 715. The van der Waals surface area contributed by atoms with Gasteiger partial charge in [0.05, 0.1) is 0 Å². The van der Waals surface area contributed by atoms with E-state index in [1.54, 1.807) is 18.2 Å². The molecule has 0 radical (unpaired) electrons. The third kappa shape index (κ3) is 4.18. The Morgan fingerprint density at radius 2 is 1.38 bits per heavy atom. The van der Waals surface area contributed by atoms with Crippen LogP contribution in [0.4, 0.5) is 0 Å². The van der Waals surface area contributed by atoms with Gasteiger partial charge in [-0.05, 0) is 73.5 Å². The Hall–Kier alpha value is -2.26. The Balaban J connectivity index is 2.54. The van der Waals surface area contributed by atoms with E-state index in [-0.39, 0.29) is 5.75 Å². The van der Waals surface area contributed by atoms with Crippen molar-refractivity contribution in [3.63, 3.8) is 0 Å². The fourth-order valence-corrected chi connectivity index (χ4v) is 3.09. The van der Waals surface area contributed by atoms with Crippen LogP contribution < -0.4 is 0 Å². The molecule has 0 aliphatic rings. The Morgan fingerprint density at radius 3 is 1.92 bits per heavy atom. The molecule has 0 aliphatic heterocycles. The van der Waals surface area contributed by atoms with Gasteiger partial charge in [-0.1, -0.05) is 32.0 Å². The molecule has 3 nitrogen and oxygen atoms in total. The molecular formula is C21H27NO2. The van der Waals surface area contributed by atoms with E-state index in [1.165, 1.54) is 11.1 Å². The van der Waals surface area contributed by atoms with Crippen molar-refractivity contribution < 1.29 is 10.2 Å². The minimum Gasteiger partial charge on any atom is -0.508 e. The number of rotatable bonds is 6. The van der Waals surface area contributed by atoms with Gasteiger partial charge in [0, 0.05) is 12.1 Å². The molecule has 0 aromatic heterocycles. The SMILES string of the molecule is CC/C(=C(/CC)c1ccc(O)c(CN(C)C)c1)c1ccc(O)cc1. The van der Waals surface area contributed by atoms with Gasteiger partial charge in [0.15, 0.2) is 0 Å². The molecule has 0 unspecified atom stereocenters. The number of hydrogen-bond donors (Lipinski definition) is 2. The molecule has 0 saturated heterocycles. The van der Waals surface area contributed by atoms with Crippen molar-refractivity contribution in [2.75, 3.05) is 14.1 Å². The van der Waals surface area contributed by atoms with Crippen LogP contribution in [0.2, 0.25) is 0 Å². The summed E-state index contributed by atoms with van der Waals surface area (Å²) in [7, 11) is 3.99. The van der Waals surface area contributed by atoms with Gasteiger partial charge < -0.3 is 15.1 Å². The van der Waals surface area contributed by atoms with Gasteiger partial charge in [0.25, 0.3) is 0 Å². The maximum Gasteiger partial charge on any atom is 0.120 e. The summed E-state index contributed by atoms with van der Waals surface area (Å²) < 4.78 is 0. The van der Waals surface area contributed by atoms with E-state index in [4.69, 9.17) is 0 Å². The van der Waals surface area contributed by atoms with Crippen molar-refractivity contribution in [2.45, 2.75) is 33.2 Å². The zero-order valence-corrected chi connectivity index (χ0v) is 15.0. The maximum atomic E-state index is 10.1. The van der Waals surface area contributed by atoms with Gasteiger partial charge in [-0.2, -0.15) is 0 Å². The second-order valence-corrected chi connectivity index (χ2v) is 6.29. The summed E-state index contributed by atoms with van der Waals surface area (Å²) in [4.78, 5) is 2.05. The van der Waals surface area contributed by atoms with Crippen molar-refractivity contribution in [3.05, 3.63) is 59.2 Å². The topological polar surface area (TPSA) is 43.7 Å². The standard InChI is InChI=1S/C21H27NO2/c1-5-19(15-7-10-18(23)11-8-15)20(6-2)16-9-12-21(24)17(13-16)14-22(3)4/h7-13,23-24H,5-6,14H2,1-4H3/b20-19+. The van der Waals surface area contributed by atoms with Crippen molar-refractivity contribution in [1.82, 2.24) is 4.90 Å². The molecule has 0 heterocycles. The third-order valence-electron chi connectivity index (χ3n) is 4.20. The van der Waals surface area contributed by atoms with Gasteiger partial charge in [-0.3, -0.25) is 0 Å². The van der Waals surface area contributed by atoms with Crippen LogP contribution in [-0.2, 0) is 6.54 Å². The average molecular weight is 325 g/mol. The quantitative estimate of drug-likeness (QED) is 0.743. The van der Waals surface area contributed by atoms with Crippen molar-refractivity contribution in [1.29, 1.82) is 0 Å². The zero-order valence-electron chi connectivity index (χ0n) is 15.0. The number of benzene rings is 2. The molecule has 0 fully saturated rings. The molecule has 0 amide bonds. The first-order valence-corrected chi connectivity index (χ1v) is 8.44. The van der Waals surface area contributed by atoms with E-state index in [0.29, 0.717) is 12.3 Å². The first-order valence-electron chi connectivity index (χ1n) is 8.44. The molecule has 128 valence electrons. The summed E-state index contributed by atoms with van der Waals surface area (Å²) in [5.41, 5.74) is 5.78. The first-order chi connectivity index (χ1) is 11.5. The molecule has 2 aromatic rings. The summed E-state index contributed by atoms with van der Waals surface area (Å²) >= 11 is 0. The van der Waals surface area contributed by atoms with Crippen molar-refractivity contribution in [2.24, 2.45) is 0 Å². The molecule has 2 aromatic carbocycles. The number of allylic oxidation sites excluding steroid dienone is 2. The highest BCUT2D eigenvalue weighted by molar-refractivity contribution is 5.91. The third-order valence-corrected chi connectivity index (χ3v) is 4.20. The normalized spacial score (nSPS) is 12.4. The monoisotopic (exact) mass is 325 g/mol. The second kappa shape index (κ2) is 8.02. The minimum absolute atomic E-state index is 0.283. The molecule has 2 N–H and O–H groups in total. The molecular weight excluding hydrogens is 298 g/mol. The fraction of sp³-hybridized carbons (Fsp3) is 0.333. The van der Waals surface area contributed by atoms with Gasteiger partial charge >= 0.3 is 0 Å². The molecule has 0 spiro atoms. The summed E-state index contributed by atoms with van der Waals surface area (Å²) in [5, 5.41) is 19.6. The number of hydrogen-bond acceptors (Lipinski definition) is 3. The minimum atomic E-state index is 0.283. The lowest BCUT2D eigenvalue weighted by molar-refractivity contribution is 0.386. The van der Waals surface area contributed by atoms with Crippen LogP contribution in [0.1, 0.15) is 43.4 Å². The Kier molecular flexibility index (Phi) is 6.04. The maximum absolute atomic E-state index is 10.1. The van der Waals surface area contributed by atoms with Gasteiger partial charge in [-0.15, -0.1) is 0 Å². The first kappa shape index (κ1) is 18.1. The van der Waals surface area contributed by atoms with Crippen molar-refractivity contribution in [3.8, 4) is 11.5 Å². The molecule has 2 rings (SSSR count). The van der Waals surface area contributed by atoms with Crippen LogP contribution in [0.15, 0.2) is 42.5 Å².